The van der Waals surface area contributed by atoms with Crippen LogP contribution in [0.25, 0.3) is 11.4 Å². The van der Waals surface area contributed by atoms with Gasteiger partial charge in [-0.05, 0) is 42.0 Å². The van der Waals surface area contributed by atoms with Gasteiger partial charge in [-0.1, -0.05) is 28.9 Å². The second-order valence-electron chi connectivity index (χ2n) is 6.36. The van der Waals surface area contributed by atoms with Crippen molar-refractivity contribution in [2.45, 2.75) is 19.4 Å². The van der Waals surface area contributed by atoms with Crippen LogP contribution in [0.4, 0.5) is 5.69 Å². The van der Waals surface area contributed by atoms with Crippen LogP contribution in [0.2, 0.25) is 5.02 Å². The number of halogens is 1. The lowest BCUT2D eigenvalue weighted by Gasteiger charge is -2.12. The van der Waals surface area contributed by atoms with Crippen molar-refractivity contribution >= 4 is 23.2 Å². The maximum atomic E-state index is 12.1. The van der Waals surface area contributed by atoms with Gasteiger partial charge in [-0.3, -0.25) is 4.79 Å². The highest BCUT2D eigenvalue weighted by molar-refractivity contribution is 6.30. The first-order valence-corrected chi connectivity index (χ1v) is 9.00. The number of amides is 1. The zero-order valence-electron chi connectivity index (χ0n) is 15.3. The number of carbonyl (C=O) groups is 1. The van der Waals surface area contributed by atoms with E-state index in [2.05, 4.69) is 15.5 Å². The van der Waals surface area contributed by atoms with Crippen LogP contribution < -0.4 is 10.2 Å². The predicted molar refractivity (Wildman–Crippen MR) is 106 cm³/mol. The third kappa shape index (κ3) is 5.31. The van der Waals surface area contributed by atoms with Crippen LogP contribution in [0.5, 0.6) is 0 Å². The molecule has 0 saturated carbocycles. The maximum Gasteiger partial charge on any atom is 0.227 e. The highest BCUT2D eigenvalue weighted by Gasteiger charge is 2.10. The van der Waals surface area contributed by atoms with Crippen molar-refractivity contribution in [3.8, 4) is 11.4 Å². The van der Waals surface area contributed by atoms with E-state index in [-0.39, 0.29) is 12.3 Å². The van der Waals surface area contributed by atoms with Crippen molar-refractivity contribution in [3.05, 3.63) is 65.0 Å². The topological polar surface area (TPSA) is 71.3 Å². The molecule has 140 valence electrons. The minimum Gasteiger partial charge on any atom is -0.378 e. The Balaban J connectivity index is 1.47. The minimum atomic E-state index is -0.0575. The largest absolute Gasteiger partial charge is 0.378 e. The molecule has 0 saturated heterocycles. The van der Waals surface area contributed by atoms with Crippen LogP contribution in [0.3, 0.4) is 0 Å². The average molecular weight is 385 g/mol. The number of anilines is 1. The van der Waals surface area contributed by atoms with Crippen LogP contribution in [-0.4, -0.2) is 30.1 Å². The van der Waals surface area contributed by atoms with E-state index in [1.54, 1.807) is 12.1 Å². The normalized spacial score (nSPS) is 10.6. The monoisotopic (exact) mass is 384 g/mol. The van der Waals surface area contributed by atoms with Crippen LogP contribution in [-0.2, 0) is 17.8 Å². The second-order valence-corrected chi connectivity index (χ2v) is 6.79. The number of nitrogens with zero attached hydrogens (tertiary/aromatic N) is 3. The lowest BCUT2D eigenvalue weighted by Crippen LogP contribution is -2.23. The third-order valence-electron chi connectivity index (χ3n) is 4.08. The molecule has 2 aromatic carbocycles. The molecule has 0 fully saturated rings. The Hall–Kier alpha value is -2.86. The third-order valence-corrected chi connectivity index (χ3v) is 4.33. The highest BCUT2D eigenvalue weighted by atomic mass is 35.5. The quantitative estimate of drug-likeness (QED) is 0.672. The van der Waals surface area contributed by atoms with Gasteiger partial charge < -0.3 is 14.7 Å². The summed E-state index contributed by atoms with van der Waals surface area (Å²) >= 11 is 5.87. The van der Waals surface area contributed by atoms with Gasteiger partial charge in [0.05, 0.1) is 0 Å². The van der Waals surface area contributed by atoms with Gasteiger partial charge in [-0.25, -0.2) is 0 Å². The molecule has 0 aliphatic carbocycles. The summed E-state index contributed by atoms with van der Waals surface area (Å²) in [5.74, 6) is 0.867. The predicted octanol–water partition coefficient (Wildman–Crippen LogP) is 3.71. The molecule has 3 rings (SSSR count). The van der Waals surface area contributed by atoms with Crippen LogP contribution in [0, 0.1) is 0 Å². The smallest absolute Gasteiger partial charge is 0.227 e. The molecular weight excluding hydrogens is 364 g/mol. The molecular formula is C20H21ClN4O2. The van der Waals surface area contributed by atoms with Crippen molar-refractivity contribution in [2.75, 3.05) is 19.0 Å². The number of aryl methyl sites for hydroxylation is 1. The van der Waals surface area contributed by atoms with Crippen molar-refractivity contribution < 1.29 is 9.32 Å². The summed E-state index contributed by atoms with van der Waals surface area (Å²) < 4.78 is 5.22. The highest BCUT2D eigenvalue weighted by Crippen LogP contribution is 2.19. The molecule has 0 radical (unpaired) electrons. The van der Waals surface area contributed by atoms with Gasteiger partial charge in [-0.15, -0.1) is 0 Å². The molecule has 0 aliphatic rings. The Kier molecular flexibility index (Phi) is 6.08. The van der Waals surface area contributed by atoms with E-state index < -0.39 is 0 Å². The van der Waals surface area contributed by atoms with Crippen molar-refractivity contribution in [3.63, 3.8) is 0 Å². The van der Waals surface area contributed by atoms with E-state index in [1.165, 1.54) is 0 Å². The lowest BCUT2D eigenvalue weighted by atomic mass is 10.2. The van der Waals surface area contributed by atoms with Gasteiger partial charge in [0.25, 0.3) is 0 Å². The fraction of sp³-hybridized carbons (Fsp3) is 0.250. The van der Waals surface area contributed by atoms with E-state index in [9.17, 15) is 4.79 Å². The fourth-order valence-corrected chi connectivity index (χ4v) is 2.62. The summed E-state index contributed by atoms with van der Waals surface area (Å²) in [6.45, 7) is 0.492. The fourth-order valence-electron chi connectivity index (χ4n) is 2.49. The van der Waals surface area contributed by atoms with Crippen molar-refractivity contribution in [1.82, 2.24) is 15.5 Å². The number of carbonyl (C=O) groups excluding carboxylic acids is 1. The van der Waals surface area contributed by atoms with Gasteiger partial charge in [-0.2, -0.15) is 4.98 Å². The number of benzene rings is 2. The van der Waals surface area contributed by atoms with Crippen molar-refractivity contribution in [2.24, 2.45) is 0 Å². The zero-order chi connectivity index (χ0) is 19.2. The number of hydrogen-bond donors (Lipinski definition) is 1. The summed E-state index contributed by atoms with van der Waals surface area (Å²) in [7, 11) is 3.99. The molecule has 1 amide bonds. The van der Waals surface area contributed by atoms with E-state index in [0.717, 1.165) is 16.8 Å². The Labute approximate surface area is 163 Å². The molecule has 1 aromatic heterocycles. The Morgan fingerprint density at radius 2 is 1.81 bits per heavy atom. The van der Waals surface area contributed by atoms with Gasteiger partial charge in [0.2, 0.25) is 17.6 Å². The molecule has 6 nitrogen and oxygen atoms in total. The molecule has 7 heteroatoms. The molecule has 27 heavy (non-hydrogen) atoms. The van der Waals surface area contributed by atoms with Crippen LogP contribution in [0.15, 0.2) is 53.1 Å². The minimum absolute atomic E-state index is 0.0575. The summed E-state index contributed by atoms with van der Waals surface area (Å²) in [6, 6.07) is 15.3. The van der Waals surface area contributed by atoms with E-state index in [4.69, 9.17) is 16.1 Å². The Morgan fingerprint density at radius 1 is 1.11 bits per heavy atom. The summed E-state index contributed by atoms with van der Waals surface area (Å²) in [6.07, 6.45) is 0.685. The van der Waals surface area contributed by atoms with Gasteiger partial charge in [0.15, 0.2) is 0 Å². The molecule has 1 N–H and O–H groups in total. The molecule has 0 unspecified atom stereocenters. The van der Waals surface area contributed by atoms with E-state index >= 15 is 0 Å². The number of aromatic nitrogens is 2. The summed E-state index contributed by atoms with van der Waals surface area (Å²) in [5, 5.41) is 7.50. The average Bonchev–Trinajstić information content (AvgIpc) is 3.14. The first kappa shape index (κ1) is 18.9. The molecule has 1 heterocycles. The number of rotatable bonds is 7. The lowest BCUT2D eigenvalue weighted by molar-refractivity contribution is -0.121. The van der Waals surface area contributed by atoms with Crippen LogP contribution >= 0.6 is 11.6 Å². The summed E-state index contributed by atoms with van der Waals surface area (Å²) in [5.41, 5.74) is 3.00. The molecule has 3 aromatic rings. The standard InChI is InChI=1S/C20H21ClN4O2/c1-25(2)17-9-3-14(4-10-17)13-22-18(26)11-12-19-23-20(24-27-19)15-5-7-16(21)8-6-15/h3-10H,11-13H2,1-2H3,(H,22,26). The van der Waals surface area contributed by atoms with E-state index in [0.29, 0.717) is 29.7 Å². The van der Waals surface area contributed by atoms with Gasteiger partial charge in [0.1, 0.15) is 0 Å². The first-order chi connectivity index (χ1) is 13.0. The van der Waals surface area contributed by atoms with Crippen molar-refractivity contribution in [1.29, 1.82) is 0 Å². The van der Waals surface area contributed by atoms with E-state index in [1.807, 2.05) is 55.4 Å². The van der Waals surface area contributed by atoms with Gasteiger partial charge >= 0.3 is 0 Å². The number of nitrogens with one attached hydrogen (secondary N) is 1. The molecule has 0 atom stereocenters. The van der Waals surface area contributed by atoms with Crippen LogP contribution in [0.1, 0.15) is 17.9 Å². The molecule has 0 spiro atoms. The van der Waals surface area contributed by atoms with Gasteiger partial charge in [0, 0.05) is 49.8 Å². The molecule has 0 aliphatic heterocycles. The zero-order valence-corrected chi connectivity index (χ0v) is 16.0. The maximum absolute atomic E-state index is 12.1. The SMILES string of the molecule is CN(C)c1ccc(CNC(=O)CCc2nc(-c3ccc(Cl)cc3)no2)cc1. The molecule has 0 bridgehead atoms. The summed E-state index contributed by atoms with van der Waals surface area (Å²) in [4.78, 5) is 18.4. The number of hydrogen-bond acceptors (Lipinski definition) is 5. The Morgan fingerprint density at radius 3 is 2.48 bits per heavy atom. The first-order valence-electron chi connectivity index (χ1n) is 8.63. The Bertz CT molecular complexity index is 889. The second kappa shape index (κ2) is 8.68.